The minimum Gasteiger partial charge on any atom is -0.494 e. The third-order valence-electron chi connectivity index (χ3n) is 6.44. The van der Waals surface area contributed by atoms with Gasteiger partial charge in [0.2, 0.25) is 0 Å². The van der Waals surface area contributed by atoms with Crippen LogP contribution in [0.3, 0.4) is 0 Å². The van der Waals surface area contributed by atoms with Crippen molar-refractivity contribution in [2.24, 2.45) is 0 Å². The van der Waals surface area contributed by atoms with Gasteiger partial charge in [0.1, 0.15) is 23.1 Å². The molecule has 0 aliphatic rings. The predicted molar refractivity (Wildman–Crippen MR) is 148 cm³/mol. The number of rotatable bonds is 12. The van der Waals surface area contributed by atoms with Crippen molar-refractivity contribution in [3.05, 3.63) is 90.4 Å². The molecule has 0 saturated heterocycles. The van der Waals surface area contributed by atoms with Gasteiger partial charge in [0.15, 0.2) is 0 Å². The Hall–Kier alpha value is -3.57. The monoisotopic (exact) mass is 483 g/mol. The minimum atomic E-state index is 0.749. The second kappa shape index (κ2) is 12.4. The summed E-state index contributed by atoms with van der Waals surface area (Å²) in [7, 11) is 0. The maximum Gasteiger partial charge on any atom is 0.127 e. The fourth-order valence-corrected chi connectivity index (χ4v) is 4.18. The molecule has 0 aliphatic heterocycles. The number of imidazole rings is 1. The second-order valence-electron chi connectivity index (χ2n) is 9.06. The van der Waals surface area contributed by atoms with Crippen molar-refractivity contribution in [3.8, 4) is 34.2 Å². The summed E-state index contributed by atoms with van der Waals surface area (Å²) < 4.78 is 14.0. The fraction of sp³-hybridized carbons (Fsp3) is 0.323. The number of hydrogen-bond donors (Lipinski definition) is 0. The average Bonchev–Trinajstić information content (AvgIpc) is 3.30. The third kappa shape index (κ3) is 6.76. The van der Waals surface area contributed by atoms with E-state index in [9.17, 15) is 0 Å². The van der Waals surface area contributed by atoms with Crippen LogP contribution in [0.5, 0.6) is 17.2 Å². The van der Waals surface area contributed by atoms with Gasteiger partial charge < -0.3 is 18.9 Å². The van der Waals surface area contributed by atoms with E-state index in [1.807, 2.05) is 67.6 Å². The highest BCUT2D eigenvalue weighted by molar-refractivity contribution is 5.61. The summed E-state index contributed by atoms with van der Waals surface area (Å²) in [4.78, 5) is 7.24. The summed E-state index contributed by atoms with van der Waals surface area (Å²) in [5.41, 5.74) is 4.27. The predicted octanol–water partition coefficient (Wildman–Crippen LogP) is 7.45. The standard InChI is InChI=1S/C31H37N3O2/c1-5-33(6-2)21-7-8-22-35-28-19-13-27(14-20-28)34-23-31(32-25(34)4)26-11-17-30(18-12-26)36-29-15-9-24(3)10-16-29/h9-20,23H,5-8,21-22H2,1-4H3. The van der Waals surface area contributed by atoms with Crippen LogP contribution < -0.4 is 9.47 Å². The lowest BCUT2D eigenvalue weighted by molar-refractivity contribution is 0.266. The minimum absolute atomic E-state index is 0.749. The largest absolute Gasteiger partial charge is 0.494 e. The average molecular weight is 484 g/mol. The highest BCUT2D eigenvalue weighted by Crippen LogP contribution is 2.27. The Balaban J connectivity index is 1.34. The van der Waals surface area contributed by atoms with Gasteiger partial charge in [-0.1, -0.05) is 31.5 Å². The Kier molecular flexibility index (Phi) is 8.80. The molecule has 4 rings (SSSR count). The molecule has 188 valence electrons. The maximum absolute atomic E-state index is 5.96. The Morgan fingerprint density at radius 3 is 2.00 bits per heavy atom. The molecule has 0 bridgehead atoms. The van der Waals surface area contributed by atoms with E-state index in [4.69, 9.17) is 14.5 Å². The lowest BCUT2D eigenvalue weighted by Crippen LogP contribution is -2.24. The Labute approximate surface area is 215 Å². The molecule has 36 heavy (non-hydrogen) atoms. The van der Waals surface area contributed by atoms with Gasteiger partial charge in [-0.15, -0.1) is 0 Å². The van der Waals surface area contributed by atoms with Crippen molar-refractivity contribution in [2.45, 2.75) is 40.5 Å². The van der Waals surface area contributed by atoms with Crippen LogP contribution in [0, 0.1) is 13.8 Å². The van der Waals surface area contributed by atoms with Crippen LogP contribution in [0.4, 0.5) is 0 Å². The normalized spacial score (nSPS) is 11.1. The quantitative estimate of drug-likeness (QED) is 0.196. The topological polar surface area (TPSA) is 39.5 Å². The molecule has 3 aromatic carbocycles. The molecule has 0 N–H and O–H groups in total. The van der Waals surface area contributed by atoms with E-state index in [-0.39, 0.29) is 0 Å². The first kappa shape index (κ1) is 25.5. The molecular formula is C31H37N3O2. The molecule has 0 amide bonds. The summed E-state index contributed by atoms with van der Waals surface area (Å²) in [6, 6.07) is 24.4. The van der Waals surface area contributed by atoms with E-state index in [2.05, 4.69) is 48.6 Å². The Morgan fingerprint density at radius 2 is 1.36 bits per heavy atom. The third-order valence-corrected chi connectivity index (χ3v) is 6.44. The summed E-state index contributed by atoms with van der Waals surface area (Å²) in [5, 5.41) is 0. The molecule has 1 aromatic heterocycles. The molecule has 0 unspecified atom stereocenters. The van der Waals surface area contributed by atoms with Gasteiger partial charge in [-0.2, -0.15) is 0 Å². The van der Waals surface area contributed by atoms with Crippen molar-refractivity contribution in [2.75, 3.05) is 26.2 Å². The van der Waals surface area contributed by atoms with E-state index >= 15 is 0 Å². The number of aryl methyl sites for hydroxylation is 2. The molecule has 4 aromatic rings. The van der Waals surface area contributed by atoms with Gasteiger partial charge in [-0.3, -0.25) is 0 Å². The Bertz CT molecular complexity index is 1210. The molecule has 0 radical (unpaired) electrons. The van der Waals surface area contributed by atoms with E-state index in [0.717, 1.165) is 79.1 Å². The second-order valence-corrected chi connectivity index (χ2v) is 9.06. The zero-order valence-corrected chi connectivity index (χ0v) is 21.9. The molecule has 5 nitrogen and oxygen atoms in total. The van der Waals surface area contributed by atoms with Crippen molar-refractivity contribution >= 4 is 0 Å². The first-order chi connectivity index (χ1) is 17.6. The number of nitrogens with zero attached hydrogens (tertiary/aromatic N) is 3. The van der Waals surface area contributed by atoms with E-state index < -0.39 is 0 Å². The number of unbranched alkanes of at least 4 members (excludes halogenated alkanes) is 1. The van der Waals surface area contributed by atoms with Gasteiger partial charge in [0.05, 0.1) is 12.3 Å². The number of benzene rings is 3. The zero-order chi connectivity index (χ0) is 25.3. The van der Waals surface area contributed by atoms with Crippen molar-refractivity contribution in [1.82, 2.24) is 14.5 Å². The molecule has 0 aliphatic carbocycles. The number of aromatic nitrogens is 2. The lowest BCUT2D eigenvalue weighted by Gasteiger charge is -2.17. The van der Waals surface area contributed by atoms with Crippen LogP contribution >= 0.6 is 0 Å². The molecule has 0 fully saturated rings. The van der Waals surface area contributed by atoms with Crippen LogP contribution in [0.1, 0.15) is 38.1 Å². The van der Waals surface area contributed by atoms with E-state index in [1.165, 1.54) is 5.56 Å². The van der Waals surface area contributed by atoms with Crippen LogP contribution in [0.25, 0.3) is 16.9 Å². The zero-order valence-electron chi connectivity index (χ0n) is 21.9. The summed E-state index contributed by atoms with van der Waals surface area (Å²) in [6.45, 7) is 12.6. The van der Waals surface area contributed by atoms with Gasteiger partial charge in [-0.25, -0.2) is 4.98 Å². The van der Waals surface area contributed by atoms with Crippen LogP contribution in [-0.2, 0) is 0 Å². The first-order valence-electron chi connectivity index (χ1n) is 12.9. The Morgan fingerprint density at radius 1 is 0.750 bits per heavy atom. The SMILES string of the molecule is CCN(CC)CCCCOc1ccc(-n2cc(-c3ccc(Oc4ccc(C)cc4)cc3)nc2C)cc1. The molecule has 0 saturated carbocycles. The molecule has 5 heteroatoms. The smallest absolute Gasteiger partial charge is 0.127 e. The summed E-state index contributed by atoms with van der Waals surface area (Å²) in [6.07, 6.45) is 4.31. The van der Waals surface area contributed by atoms with E-state index in [0.29, 0.717) is 0 Å². The highest BCUT2D eigenvalue weighted by atomic mass is 16.5. The molecule has 0 atom stereocenters. The molecule has 1 heterocycles. The number of hydrogen-bond acceptors (Lipinski definition) is 4. The molecule has 0 spiro atoms. The lowest BCUT2D eigenvalue weighted by atomic mass is 10.1. The van der Waals surface area contributed by atoms with Crippen molar-refractivity contribution < 1.29 is 9.47 Å². The van der Waals surface area contributed by atoms with Gasteiger partial charge in [-0.05, 0) is 107 Å². The fourth-order valence-electron chi connectivity index (χ4n) is 4.18. The van der Waals surface area contributed by atoms with Crippen molar-refractivity contribution in [1.29, 1.82) is 0 Å². The van der Waals surface area contributed by atoms with Crippen LogP contribution in [-0.4, -0.2) is 40.7 Å². The van der Waals surface area contributed by atoms with Gasteiger partial charge in [0, 0.05) is 17.4 Å². The van der Waals surface area contributed by atoms with Crippen molar-refractivity contribution in [3.63, 3.8) is 0 Å². The summed E-state index contributed by atoms with van der Waals surface area (Å²) in [5.74, 6) is 3.49. The first-order valence-corrected chi connectivity index (χ1v) is 12.9. The van der Waals surface area contributed by atoms with E-state index in [1.54, 1.807) is 0 Å². The highest BCUT2D eigenvalue weighted by Gasteiger charge is 2.09. The maximum atomic E-state index is 5.96. The van der Waals surface area contributed by atoms with Gasteiger partial charge in [0.25, 0.3) is 0 Å². The summed E-state index contributed by atoms with van der Waals surface area (Å²) >= 11 is 0. The van der Waals surface area contributed by atoms with Crippen LogP contribution in [0.15, 0.2) is 79.0 Å². The molecular weight excluding hydrogens is 446 g/mol. The number of ether oxygens (including phenoxy) is 2. The van der Waals surface area contributed by atoms with Gasteiger partial charge >= 0.3 is 0 Å². The van der Waals surface area contributed by atoms with Crippen LogP contribution in [0.2, 0.25) is 0 Å².